The molecule has 0 fully saturated rings. The molecule has 0 saturated carbocycles. The van der Waals surface area contributed by atoms with Gasteiger partial charge in [0.25, 0.3) is 0 Å². The van der Waals surface area contributed by atoms with Crippen molar-refractivity contribution >= 4 is 0 Å². The van der Waals surface area contributed by atoms with Gasteiger partial charge in [-0.3, -0.25) is 0 Å². The summed E-state index contributed by atoms with van der Waals surface area (Å²) in [6.45, 7) is 7.87. The minimum absolute atomic E-state index is 0.216. The van der Waals surface area contributed by atoms with Crippen LogP contribution in [0.4, 0.5) is 0 Å². The zero-order chi connectivity index (χ0) is 17.5. The van der Waals surface area contributed by atoms with Gasteiger partial charge < -0.3 is 0 Å². The zero-order valence-electron chi connectivity index (χ0n) is 14.6. The lowest BCUT2D eigenvalue weighted by Crippen LogP contribution is -2.09. The molecule has 0 saturated heterocycles. The summed E-state index contributed by atoms with van der Waals surface area (Å²) in [4.78, 5) is 0. The molecule has 0 amide bonds. The first-order chi connectivity index (χ1) is 12.3. The second-order valence-corrected chi connectivity index (χ2v) is 6.23. The molecule has 25 heavy (non-hydrogen) atoms. The van der Waals surface area contributed by atoms with E-state index in [2.05, 4.69) is 92.0 Å². The highest BCUT2D eigenvalue weighted by atomic mass is 14.2. The average Bonchev–Trinajstić information content (AvgIpc) is 2.66. The van der Waals surface area contributed by atoms with E-state index in [-0.39, 0.29) is 5.92 Å². The van der Waals surface area contributed by atoms with Gasteiger partial charge in [-0.05, 0) is 40.7 Å². The van der Waals surface area contributed by atoms with Gasteiger partial charge in [-0.15, -0.1) is 13.2 Å². The molecule has 0 atom stereocenters. The highest BCUT2D eigenvalue weighted by Gasteiger charge is 2.21. The van der Waals surface area contributed by atoms with E-state index in [1.165, 1.54) is 27.8 Å². The predicted octanol–water partition coefficient (Wildman–Crippen LogP) is 6.32. The SMILES string of the molecule is C=CCc1ccccc1C(c1ccccc1)c1ccccc1CC=C. The summed E-state index contributed by atoms with van der Waals surface area (Å²) in [6, 6.07) is 28.2. The Morgan fingerprint density at radius 3 is 1.52 bits per heavy atom. The summed E-state index contributed by atoms with van der Waals surface area (Å²) in [5.41, 5.74) is 6.69. The van der Waals surface area contributed by atoms with Crippen molar-refractivity contribution in [1.82, 2.24) is 0 Å². The molecule has 0 heterocycles. The number of rotatable bonds is 7. The molecule has 3 aromatic rings. The van der Waals surface area contributed by atoms with Gasteiger partial charge in [-0.25, -0.2) is 0 Å². The van der Waals surface area contributed by atoms with Crippen LogP contribution in [0.2, 0.25) is 0 Å². The van der Waals surface area contributed by atoms with Crippen molar-refractivity contribution in [3.8, 4) is 0 Å². The van der Waals surface area contributed by atoms with Crippen molar-refractivity contribution in [2.75, 3.05) is 0 Å². The lowest BCUT2D eigenvalue weighted by atomic mass is 9.80. The maximum atomic E-state index is 3.94. The molecule has 0 radical (unpaired) electrons. The van der Waals surface area contributed by atoms with Gasteiger partial charge in [0.15, 0.2) is 0 Å². The Balaban J connectivity index is 2.22. The maximum Gasteiger partial charge on any atom is 0.0345 e. The van der Waals surface area contributed by atoms with E-state index in [1.807, 2.05) is 12.2 Å². The van der Waals surface area contributed by atoms with Crippen LogP contribution in [0.15, 0.2) is 104 Å². The minimum Gasteiger partial charge on any atom is -0.103 e. The van der Waals surface area contributed by atoms with E-state index < -0.39 is 0 Å². The first-order valence-electron chi connectivity index (χ1n) is 8.77. The fourth-order valence-corrected chi connectivity index (χ4v) is 3.49. The van der Waals surface area contributed by atoms with Crippen LogP contribution >= 0.6 is 0 Å². The van der Waals surface area contributed by atoms with Crippen LogP contribution in [0.5, 0.6) is 0 Å². The fourth-order valence-electron chi connectivity index (χ4n) is 3.49. The largest absolute Gasteiger partial charge is 0.103 e. The van der Waals surface area contributed by atoms with Crippen LogP contribution < -0.4 is 0 Å². The Morgan fingerprint density at radius 2 is 1.04 bits per heavy atom. The Morgan fingerprint density at radius 1 is 0.600 bits per heavy atom. The first-order valence-corrected chi connectivity index (χ1v) is 8.77. The summed E-state index contributed by atoms with van der Waals surface area (Å²) in [7, 11) is 0. The second-order valence-electron chi connectivity index (χ2n) is 6.23. The summed E-state index contributed by atoms with van der Waals surface area (Å²) in [5.74, 6) is 0.216. The summed E-state index contributed by atoms with van der Waals surface area (Å²) < 4.78 is 0. The normalized spacial score (nSPS) is 10.6. The zero-order valence-corrected chi connectivity index (χ0v) is 14.6. The number of benzene rings is 3. The van der Waals surface area contributed by atoms with E-state index in [0.29, 0.717) is 0 Å². The van der Waals surface area contributed by atoms with Crippen LogP contribution in [-0.2, 0) is 12.8 Å². The first kappa shape index (κ1) is 17.0. The molecule has 0 unspecified atom stereocenters. The van der Waals surface area contributed by atoms with Gasteiger partial charge in [0, 0.05) is 5.92 Å². The summed E-state index contributed by atoms with van der Waals surface area (Å²) in [6.07, 6.45) is 5.72. The molecule has 0 N–H and O–H groups in total. The molecular weight excluding hydrogens is 300 g/mol. The van der Waals surface area contributed by atoms with Crippen molar-refractivity contribution in [3.05, 3.63) is 132 Å². The standard InChI is InChI=1S/C25H24/c1-3-12-20-14-8-10-18-23(20)25(22-16-6-5-7-17-22)24-19-11-9-15-21(24)13-4-2/h3-11,14-19,25H,1-2,12-13H2. The Kier molecular flexibility index (Phi) is 5.64. The van der Waals surface area contributed by atoms with Crippen molar-refractivity contribution < 1.29 is 0 Å². The van der Waals surface area contributed by atoms with Gasteiger partial charge in [0.05, 0.1) is 0 Å². The number of allylic oxidation sites excluding steroid dienone is 2. The van der Waals surface area contributed by atoms with E-state index in [4.69, 9.17) is 0 Å². The van der Waals surface area contributed by atoms with E-state index in [1.54, 1.807) is 0 Å². The smallest absolute Gasteiger partial charge is 0.0345 e. The molecule has 0 aliphatic rings. The molecule has 0 aliphatic heterocycles. The summed E-state index contributed by atoms with van der Waals surface area (Å²) >= 11 is 0. The molecule has 0 nitrogen and oxygen atoms in total. The molecule has 124 valence electrons. The van der Waals surface area contributed by atoms with Crippen molar-refractivity contribution in [1.29, 1.82) is 0 Å². The third-order valence-electron chi connectivity index (χ3n) is 4.59. The van der Waals surface area contributed by atoms with Gasteiger partial charge in [0.2, 0.25) is 0 Å². The molecule has 0 heteroatoms. The van der Waals surface area contributed by atoms with Crippen LogP contribution in [0.3, 0.4) is 0 Å². The molecule has 0 aromatic heterocycles. The van der Waals surface area contributed by atoms with Crippen LogP contribution in [0.25, 0.3) is 0 Å². The van der Waals surface area contributed by atoms with Crippen molar-refractivity contribution in [2.45, 2.75) is 18.8 Å². The molecule has 3 rings (SSSR count). The minimum atomic E-state index is 0.216. The van der Waals surface area contributed by atoms with Gasteiger partial charge in [-0.1, -0.05) is 91.0 Å². The third-order valence-corrected chi connectivity index (χ3v) is 4.59. The van der Waals surface area contributed by atoms with Gasteiger partial charge in [0.1, 0.15) is 0 Å². The lowest BCUT2D eigenvalue weighted by Gasteiger charge is -2.24. The average molecular weight is 324 g/mol. The Hall–Kier alpha value is -2.86. The Bertz CT molecular complexity index is 789. The quantitative estimate of drug-likeness (QED) is 0.352. The second kappa shape index (κ2) is 8.30. The molecular formula is C25H24. The molecule has 3 aromatic carbocycles. The predicted molar refractivity (Wildman–Crippen MR) is 108 cm³/mol. The van der Waals surface area contributed by atoms with E-state index in [9.17, 15) is 0 Å². The lowest BCUT2D eigenvalue weighted by molar-refractivity contribution is 0.931. The van der Waals surface area contributed by atoms with Crippen LogP contribution in [-0.4, -0.2) is 0 Å². The monoisotopic (exact) mass is 324 g/mol. The number of hydrogen-bond acceptors (Lipinski definition) is 0. The Labute approximate surface area is 151 Å². The molecule has 0 aliphatic carbocycles. The summed E-state index contributed by atoms with van der Waals surface area (Å²) in [5, 5.41) is 0. The topological polar surface area (TPSA) is 0 Å². The third kappa shape index (κ3) is 3.80. The fraction of sp³-hybridized carbons (Fsp3) is 0.120. The highest BCUT2D eigenvalue weighted by Crippen LogP contribution is 2.36. The maximum absolute atomic E-state index is 3.94. The molecule has 0 spiro atoms. The van der Waals surface area contributed by atoms with Gasteiger partial charge >= 0.3 is 0 Å². The van der Waals surface area contributed by atoms with E-state index >= 15 is 0 Å². The van der Waals surface area contributed by atoms with Crippen LogP contribution in [0.1, 0.15) is 33.7 Å². The highest BCUT2D eigenvalue weighted by molar-refractivity contribution is 5.49. The van der Waals surface area contributed by atoms with Gasteiger partial charge in [-0.2, -0.15) is 0 Å². The van der Waals surface area contributed by atoms with E-state index in [0.717, 1.165) is 12.8 Å². The van der Waals surface area contributed by atoms with Crippen LogP contribution in [0, 0.1) is 0 Å². The number of hydrogen-bond donors (Lipinski definition) is 0. The van der Waals surface area contributed by atoms with Crippen molar-refractivity contribution in [3.63, 3.8) is 0 Å². The molecule has 0 bridgehead atoms. The van der Waals surface area contributed by atoms with Crippen molar-refractivity contribution in [2.24, 2.45) is 0 Å².